The lowest BCUT2D eigenvalue weighted by atomic mass is 9.89. The van der Waals surface area contributed by atoms with Crippen molar-refractivity contribution < 1.29 is 9.53 Å². The lowest BCUT2D eigenvalue weighted by molar-refractivity contribution is -0.139. The second-order valence-corrected chi connectivity index (χ2v) is 9.95. The Bertz CT molecular complexity index is 1580. The van der Waals surface area contributed by atoms with Crippen LogP contribution in [0.1, 0.15) is 23.2 Å². The van der Waals surface area contributed by atoms with E-state index in [1.165, 1.54) is 39.7 Å². The SMILES string of the molecule is CCOC(=O)CSc1ncnc2c1cnn2-c1nc(C)nc2sc3c(c12)-c1ccccc1CC3. The molecule has 0 amide bonds. The van der Waals surface area contributed by atoms with Gasteiger partial charge in [-0.15, -0.1) is 11.3 Å². The molecule has 0 saturated carbocycles. The topological polar surface area (TPSA) is 95.7 Å². The number of thioether (sulfide) groups is 1. The summed E-state index contributed by atoms with van der Waals surface area (Å²) >= 11 is 3.05. The number of esters is 1. The van der Waals surface area contributed by atoms with Crippen molar-refractivity contribution in [2.24, 2.45) is 0 Å². The van der Waals surface area contributed by atoms with Crippen molar-refractivity contribution in [2.75, 3.05) is 12.4 Å². The summed E-state index contributed by atoms with van der Waals surface area (Å²) < 4.78 is 6.81. The molecule has 4 heterocycles. The summed E-state index contributed by atoms with van der Waals surface area (Å²) in [6, 6.07) is 8.54. The molecule has 0 saturated heterocycles. The van der Waals surface area contributed by atoms with Crippen LogP contribution in [-0.4, -0.2) is 48.0 Å². The van der Waals surface area contributed by atoms with E-state index in [0.717, 1.165) is 28.4 Å². The van der Waals surface area contributed by atoms with E-state index in [4.69, 9.17) is 14.7 Å². The number of aryl methyl sites for hydroxylation is 3. The zero-order chi connectivity index (χ0) is 23.2. The first kappa shape index (κ1) is 21.2. The van der Waals surface area contributed by atoms with E-state index in [-0.39, 0.29) is 11.7 Å². The van der Waals surface area contributed by atoms with Crippen LogP contribution in [0.3, 0.4) is 0 Å². The average Bonchev–Trinajstić information content (AvgIpc) is 3.44. The predicted molar refractivity (Wildman–Crippen MR) is 133 cm³/mol. The molecule has 170 valence electrons. The molecule has 8 nitrogen and oxygen atoms in total. The molecule has 1 aliphatic carbocycles. The van der Waals surface area contributed by atoms with Crippen molar-refractivity contribution in [2.45, 2.75) is 31.7 Å². The zero-order valence-electron chi connectivity index (χ0n) is 18.6. The van der Waals surface area contributed by atoms with Crippen LogP contribution >= 0.6 is 23.1 Å². The van der Waals surface area contributed by atoms with E-state index in [9.17, 15) is 4.79 Å². The van der Waals surface area contributed by atoms with Gasteiger partial charge in [-0.2, -0.15) is 9.78 Å². The van der Waals surface area contributed by atoms with Crippen LogP contribution in [-0.2, 0) is 22.4 Å². The van der Waals surface area contributed by atoms with Crippen LogP contribution in [0.2, 0.25) is 0 Å². The van der Waals surface area contributed by atoms with Gasteiger partial charge in [0, 0.05) is 10.4 Å². The Labute approximate surface area is 203 Å². The minimum absolute atomic E-state index is 0.177. The first-order valence-electron chi connectivity index (χ1n) is 11.0. The molecule has 0 spiro atoms. The average molecular weight is 489 g/mol. The number of nitrogens with zero attached hydrogens (tertiary/aromatic N) is 6. The molecule has 34 heavy (non-hydrogen) atoms. The van der Waals surface area contributed by atoms with Crippen LogP contribution in [0, 0.1) is 6.92 Å². The summed E-state index contributed by atoms with van der Waals surface area (Å²) in [5.74, 6) is 1.30. The fourth-order valence-electron chi connectivity index (χ4n) is 4.40. The Morgan fingerprint density at radius 2 is 2.09 bits per heavy atom. The number of rotatable bonds is 5. The van der Waals surface area contributed by atoms with Gasteiger partial charge in [0.25, 0.3) is 0 Å². The summed E-state index contributed by atoms with van der Waals surface area (Å²) in [5, 5.41) is 7.12. The van der Waals surface area contributed by atoms with Crippen LogP contribution in [0.5, 0.6) is 0 Å². The number of hydrogen-bond acceptors (Lipinski definition) is 9. The molecule has 1 aromatic carbocycles. The second-order valence-electron chi connectivity index (χ2n) is 7.90. The van der Waals surface area contributed by atoms with E-state index < -0.39 is 0 Å². The molecule has 0 radical (unpaired) electrons. The molecule has 0 bridgehead atoms. The highest BCUT2D eigenvalue weighted by atomic mass is 32.2. The number of benzene rings is 1. The third-order valence-electron chi connectivity index (χ3n) is 5.79. The number of hydrogen-bond donors (Lipinski definition) is 0. The van der Waals surface area contributed by atoms with Gasteiger partial charge in [-0.25, -0.2) is 19.9 Å². The normalized spacial score (nSPS) is 12.6. The standard InChI is InChI=1S/C24H20N6O2S2/c1-3-32-18(31)11-33-23-16-10-27-30(21(16)25-12-26-23)22-20-19-15-7-5-4-6-14(15)8-9-17(19)34-24(20)29-13(2)28-22/h4-7,10,12H,3,8-9,11H2,1-2H3. The lowest BCUT2D eigenvalue weighted by Crippen LogP contribution is -2.07. The quantitative estimate of drug-likeness (QED) is 0.202. The smallest absolute Gasteiger partial charge is 0.316 e. The third kappa shape index (κ3) is 3.45. The van der Waals surface area contributed by atoms with Gasteiger partial charge in [0.1, 0.15) is 22.0 Å². The van der Waals surface area contributed by atoms with E-state index in [1.807, 2.05) is 6.92 Å². The zero-order valence-corrected chi connectivity index (χ0v) is 20.2. The molecule has 0 unspecified atom stereocenters. The molecule has 0 fully saturated rings. The van der Waals surface area contributed by atoms with Crippen LogP contribution < -0.4 is 0 Å². The number of carbonyl (C=O) groups excluding carboxylic acids is 1. The highest BCUT2D eigenvalue weighted by molar-refractivity contribution is 8.00. The number of ether oxygens (including phenoxy) is 1. The molecule has 1 aliphatic rings. The Balaban J connectivity index is 1.53. The Morgan fingerprint density at radius 1 is 1.21 bits per heavy atom. The van der Waals surface area contributed by atoms with Gasteiger partial charge >= 0.3 is 5.97 Å². The van der Waals surface area contributed by atoms with Crippen LogP contribution in [0.25, 0.3) is 38.2 Å². The molecule has 4 aromatic heterocycles. The highest BCUT2D eigenvalue weighted by Gasteiger charge is 2.26. The summed E-state index contributed by atoms with van der Waals surface area (Å²) in [7, 11) is 0. The van der Waals surface area contributed by atoms with Crippen molar-refractivity contribution in [3.8, 4) is 16.9 Å². The van der Waals surface area contributed by atoms with Gasteiger partial charge in [0.2, 0.25) is 0 Å². The van der Waals surface area contributed by atoms with Crippen molar-refractivity contribution in [1.82, 2.24) is 29.7 Å². The molecule has 0 N–H and O–H groups in total. The monoisotopic (exact) mass is 488 g/mol. The first-order valence-corrected chi connectivity index (χ1v) is 12.8. The predicted octanol–water partition coefficient (Wildman–Crippen LogP) is 4.55. The maximum atomic E-state index is 11.8. The molecule has 10 heteroatoms. The van der Waals surface area contributed by atoms with Gasteiger partial charge in [0.15, 0.2) is 11.5 Å². The summed E-state index contributed by atoms with van der Waals surface area (Å²) in [4.78, 5) is 32.6. The Morgan fingerprint density at radius 3 is 2.97 bits per heavy atom. The van der Waals surface area contributed by atoms with E-state index in [2.05, 4.69) is 39.3 Å². The van der Waals surface area contributed by atoms with Crippen molar-refractivity contribution >= 4 is 50.3 Å². The Hall–Kier alpha value is -3.37. The third-order valence-corrected chi connectivity index (χ3v) is 7.91. The maximum Gasteiger partial charge on any atom is 0.316 e. The highest BCUT2D eigenvalue weighted by Crippen LogP contribution is 2.45. The summed E-state index contributed by atoms with van der Waals surface area (Å²) in [5.41, 5.74) is 4.42. The molecular formula is C24H20N6O2S2. The number of thiophene rings is 1. The minimum atomic E-state index is -0.275. The lowest BCUT2D eigenvalue weighted by Gasteiger charge is -2.17. The molecule has 5 aromatic rings. The van der Waals surface area contributed by atoms with Crippen molar-refractivity contribution in [1.29, 1.82) is 0 Å². The van der Waals surface area contributed by atoms with E-state index in [1.54, 1.807) is 29.1 Å². The van der Waals surface area contributed by atoms with Crippen LogP contribution in [0.4, 0.5) is 0 Å². The van der Waals surface area contributed by atoms with E-state index in [0.29, 0.717) is 28.9 Å². The Kier molecular flexibility index (Phi) is 5.26. The van der Waals surface area contributed by atoms with Gasteiger partial charge < -0.3 is 4.74 Å². The minimum Gasteiger partial charge on any atom is -0.465 e. The molecule has 6 rings (SSSR count). The fraction of sp³-hybridized carbons (Fsp3) is 0.250. The first-order chi connectivity index (χ1) is 16.6. The summed E-state index contributed by atoms with van der Waals surface area (Å²) in [6.07, 6.45) is 5.25. The summed E-state index contributed by atoms with van der Waals surface area (Å²) in [6.45, 7) is 4.05. The maximum absolute atomic E-state index is 11.8. The number of carbonyl (C=O) groups is 1. The largest absolute Gasteiger partial charge is 0.465 e. The van der Waals surface area contributed by atoms with Gasteiger partial charge in [0.05, 0.1) is 29.3 Å². The van der Waals surface area contributed by atoms with Gasteiger partial charge in [-0.1, -0.05) is 36.0 Å². The van der Waals surface area contributed by atoms with E-state index >= 15 is 0 Å². The van der Waals surface area contributed by atoms with Crippen LogP contribution in [0.15, 0.2) is 41.8 Å². The van der Waals surface area contributed by atoms with Gasteiger partial charge in [-0.3, -0.25) is 4.79 Å². The molecule has 0 aliphatic heterocycles. The second kappa shape index (κ2) is 8.44. The fourth-order valence-corrected chi connectivity index (χ4v) is 6.38. The molecular weight excluding hydrogens is 468 g/mol. The number of fused-ring (bicyclic) bond motifs is 6. The number of aromatic nitrogens is 6. The van der Waals surface area contributed by atoms with Crippen molar-refractivity contribution in [3.63, 3.8) is 0 Å². The molecule has 0 atom stereocenters. The van der Waals surface area contributed by atoms with Crippen molar-refractivity contribution in [3.05, 3.63) is 53.1 Å². The van der Waals surface area contributed by atoms with Gasteiger partial charge in [-0.05, 0) is 37.8 Å².